The van der Waals surface area contributed by atoms with Crippen LogP contribution >= 0.6 is 0 Å². The van der Waals surface area contributed by atoms with Crippen LogP contribution in [0.15, 0.2) is 0 Å². The average molecular weight is 211 g/mol. The minimum Gasteiger partial charge on any atom is -0.355 e. The summed E-state index contributed by atoms with van der Waals surface area (Å²) in [7, 11) is 0. The number of hydrogen-bond donors (Lipinski definition) is 3. The highest BCUT2D eigenvalue weighted by molar-refractivity contribution is 5.89. The first-order valence-electron chi connectivity index (χ1n) is 5.53. The summed E-state index contributed by atoms with van der Waals surface area (Å²) < 4.78 is 0. The summed E-state index contributed by atoms with van der Waals surface area (Å²) in [5.74, 6) is -0.168. The number of hydrogen-bond acceptors (Lipinski definition) is 3. The van der Waals surface area contributed by atoms with E-state index in [1.165, 1.54) is 0 Å². The van der Waals surface area contributed by atoms with Gasteiger partial charge in [-0.15, -0.1) is 0 Å². The zero-order chi connectivity index (χ0) is 10.7. The smallest absolute Gasteiger partial charge is 0.225 e. The van der Waals surface area contributed by atoms with Crippen LogP contribution in [0.4, 0.5) is 0 Å². The third-order valence-corrected chi connectivity index (χ3v) is 2.99. The predicted molar refractivity (Wildman–Crippen MR) is 55.2 cm³/mol. The minimum absolute atomic E-state index is 0.0158. The molecule has 0 saturated carbocycles. The van der Waals surface area contributed by atoms with Crippen LogP contribution in [0.2, 0.25) is 0 Å². The maximum atomic E-state index is 11.7. The van der Waals surface area contributed by atoms with Gasteiger partial charge in [0.1, 0.15) is 0 Å². The molecule has 0 bridgehead atoms. The summed E-state index contributed by atoms with van der Waals surface area (Å²) in [5, 5.41) is 8.90. The van der Waals surface area contributed by atoms with E-state index in [1.54, 1.807) is 0 Å². The van der Waals surface area contributed by atoms with E-state index in [2.05, 4.69) is 16.0 Å². The molecule has 15 heavy (non-hydrogen) atoms. The lowest BCUT2D eigenvalue weighted by Gasteiger charge is -2.24. The van der Waals surface area contributed by atoms with Crippen LogP contribution in [0.25, 0.3) is 0 Å². The molecule has 2 aliphatic rings. The first-order valence-corrected chi connectivity index (χ1v) is 5.53. The molecule has 2 amide bonds. The molecule has 2 rings (SSSR count). The van der Waals surface area contributed by atoms with Gasteiger partial charge in [-0.1, -0.05) is 0 Å². The van der Waals surface area contributed by atoms with Crippen LogP contribution in [0.5, 0.6) is 0 Å². The van der Waals surface area contributed by atoms with Gasteiger partial charge >= 0.3 is 0 Å². The molecule has 0 aromatic rings. The standard InChI is InChI=1S/C10H17N3O2/c14-9-4-7(5-12-9)10(15)13-8-2-1-3-11-6-8/h7-8,11H,1-6H2,(H,12,14)(H,13,15)/t7?,8-/m1/s1. The number of rotatable bonds is 2. The third kappa shape index (κ3) is 2.68. The van der Waals surface area contributed by atoms with Gasteiger partial charge in [0.25, 0.3) is 0 Å². The Hall–Kier alpha value is -1.10. The second-order valence-corrected chi connectivity index (χ2v) is 4.26. The minimum atomic E-state index is -0.167. The van der Waals surface area contributed by atoms with Crippen LogP contribution in [0, 0.1) is 5.92 Å². The number of carbonyl (C=O) groups is 2. The van der Waals surface area contributed by atoms with Crippen LogP contribution in [-0.2, 0) is 9.59 Å². The first kappa shape index (κ1) is 10.4. The average Bonchev–Trinajstić information content (AvgIpc) is 2.66. The topological polar surface area (TPSA) is 70.2 Å². The Morgan fingerprint density at radius 1 is 1.40 bits per heavy atom. The van der Waals surface area contributed by atoms with E-state index in [-0.39, 0.29) is 23.8 Å². The van der Waals surface area contributed by atoms with Crippen molar-refractivity contribution in [3.05, 3.63) is 0 Å². The third-order valence-electron chi connectivity index (χ3n) is 2.99. The van der Waals surface area contributed by atoms with Crippen molar-refractivity contribution in [1.82, 2.24) is 16.0 Å². The molecular weight excluding hydrogens is 194 g/mol. The van der Waals surface area contributed by atoms with Crippen LogP contribution in [0.1, 0.15) is 19.3 Å². The van der Waals surface area contributed by atoms with Crippen molar-refractivity contribution in [2.45, 2.75) is 25.3 Å². The fraction of sp³-hybridized carbons (Fsp3) is 0.800. The summed E-state index contributed by atoms with van der Waals surface area (Å²) in [6.07, 6.45) is 2.48. The molecule has 1 unspecified atom stereocenters. The Labute approximate surface area is 89.0 Å². The van der Waals surface area contributed by atoms with Gasteiger partial charge < -0.3 is 16.0 Å². The van der Waals surface area contributed by atoms with Crippen molar-refractivity contribution >= 4 is 11.8 Å². The zero-order valence-corrected chi connectivity index (χ0v) is 8.71. The summed E-state index contributed by atoms with van der Waals surface area (Å²) in [6, 6.07) is 0.238. The van der Waals surface area contributed by atoms with Gasteiger partial charge in [-0.3, -0.25) is 9.59 Å². The molecule has 5 heteroatoms. The normalized spacial score (nSPS) is 31.1. The van der Waals surface area contributed by atoms with Gasteiger partial charge in [0.2, 0.25) is 11.8 Å². The molecular formula is C10H17N3O2. The fourth-order valence-electron chi connectivity index (χ4n) is 2.08. The van der Waals surface area contributed by atoms with E-state index >= 15 is 0 Å². The Balaban J connectivity index is 1.78. The summed E-state index contributed by atoms with van der Waals surface area (Å²) in [4.78, 5) is 22.7. The van der Waals surface area contributed by atoms with E-state index in [9.17, 15) is 9.59 Å². The highest BCUT2D eigenvalue weighted by atomic mass is 16.2. The molecule has 3 N–H and O–H groups in total. The van der Waals surface area contributed by atoms with Crippen molar-refractivity contribution < 1.29 is 9.59 Å². The quantitative estimate of drug-likeness (QED) is 0.548. The maximum absolute atomic E-state index is 11.7. The van der Waals surface area contributed by atoms with Crippen LogP contribution in [0.3, 0.4) is 0 Å². The molecule has 0 aromatic carbocycles. The van der Waals surface area contributed by atoms with Gasteiger partial charge in [0, 0.05) is 25.6 Å². The Morgan fingerprint density at radius 3 is 2.87 bits per heavy atom. The predicted octanol–water partition coefficient (Wildman–Crippen LogP) is -1.01. The number of amides is 2. The van der Waals surface area contributed by atoms with Gasteiger partial charge in [0.15, 0.2) is 0 Å². The lowest BCUT2D eigenvalue weighted by atomic mass is 10.0. The van der Waals surface area contributed by atoms with Gasteiger partial charge in [-0.05, 0) is 19.4 Å². The molecule has 5 nitrogen and oxygen atoms in total. The Bertz CT molecular complexity index is 261. The van der Waals surface area contributed by atoms with Crippen LogP contribution < -0.4 is 16.0 Å². The monoisotopic (exact) mass is 211 g/mol. The van der Waals surface area contributed by atoms with Crippen molar-refractivity contribution in [2.75, 3.05) is 19.6 Å². The van der Waals surface area contributed by atoms with Gasteiger partial charge in [-0.25, -0.2) is 0 Å². The molecule has 0 radical (unpaired) electrons. The maximum Gasteiger partial charge on any atom is 0.225 e. The highest BCUT2D eigenvalue weighted by Gasteiger charge is 2.29. The molecule has 0 spiro atoms. The Kier molecular flexibility index (Phi) is 3.20. The number of nitrogens with one attached hydrogen (secondary N) is 3. The van der Waals surface area contributed by atoms with Crippen molar-refractivity contribution in [2.24, 2.45) is 5.92 Å². The summed E-state index contributed by atoms with van der Waals surface area (Å²) in [6.45, 7) is 2.38. The lowest BCUT2D eigenvalue weighted by Crippen LogP contribution is -2.47. The summed E-state index contributed by atoms with van der Waals surface area (Å²) >= 11 is 0. The van der Waals surface area contributed by atoms with E-state index in [1.807, 2.05) is 0 Å². The van der Waals surface area contributed by atoms with Gasteiger partial charge in [0.05, 0.1) is 5.92 Å². The second-order valence-electron chi connectivity index (χ2n) is 4.26. The SMILES string of the molecule is O=C1CC(C(=O)N[C@@H]2CCCNC2)CN1. The van der Waals surface area contributed by atoms with E-state index in [4.69, 9.17) is 0 Å². The lowest BCUT2D eigenvalue weighted by molar-refractivity contribution is -0.127. The highest BCUT2D eigenvalue weighted by Crippen LogP contribution is 2.10. The van der Waals surface area contributed by atoms with Crippen molar-refractivity contribution in [3.63, 3.8) is 0 Å². The molecule has 2 fully saturated rings. The summed E-state index contributed by atoms with van der Waals surface area (Å²) in [5.41, 5.74) is 0. The largest absolute Gasteiger partial charge is 0.355 e. The Morgan fingerprint density at radius 2 is 2.27 bits per heavy atom. The van der Waals surface area contributed by atoms with Crippen LogP contribution in [-0.4, -0.2) is 37.5 Å². The first-order chi connectivity index (χ1) is 7.25. The van der Waals surface area contributed by atoms with Crippen molar-refractivity contribution in [1.29, 1.82) is 0 Å². The van der Waals surface area contributed by atoms with Crippen molar-refractivity contribution in [3.8, 4) is 0 Å². The molecule has 0 aromatic heterocycles. The second kappa shape index (κ2) is 4.61. The fourth-order valence-corrected chi connectivity index (χ4v) is 2.08. The van der Waals surface area contributed by atoms with E-state index in [0.717, 1.165) is 25.9 Å². The molecule has 2 saturated heterocycles. The molecule has 2 atom stereocenters. The zero-order valence-electron chi connectivity index (χ0n) is 8.71. The number of carbonyl (C=O) groups excluding carboxylic acids is 2. The van der Waals surface area contributed by atoms with Gasteiger partial charge in [-0.2, -0.15) is 0 Å². The van der Waals surface area contributed by atoms with E-state index < -0.39 is 0 Å². The number of piperidine rings is 1. The molecule has 2 aliphatic heterocycles. The molecule has 2 heterocycles. The molecule has 84 valence electrons. The van der Waals surface area contributed by atoms with E-state index in [0.29, 0.717) is 13.0 Å². The molecule has 0 aliphatic carbocycles.